The molecule has 146 valence electrons. The number of nitrogens with one attached hydrogen (secondary N) is 1. The van der Waals surface area contributed by atoms with Gasteiger partial charge >= 0.3 is 0 Å². The first-order valence-corrected chi connectivity index (χ1v) is 9.67. The van der Waals surface area contributed by atoms with Gasteiger partial charge in [-0.25, -0.2) is 4.98 Å². The van der Waals surface area contributed by atoms with Crippen LogP contribution in [0.4, 0.5) is 11.5 Å². The van der Waals surface area contributed by atoms with Crippen LogP contribution in [0.3, 0.4) is 0 Å². The molecule has 1 saturated heterocycles. The molecule has 1 fully saturated rings. The van der Waals surface area contributed by atoms with Crippen molar-refractivity contribution in [2.45, 2.75) is 31.8 Å². The average Bonchev–Trinajstić information content (AvgIpc) is 3.18. The van der Waals surface area contributed by atoms with Crippen LogP contribution in [0, 0.1) is 0 Å². The molecule has 2 aromatic rings. The molecule has 2 amide bonds. The molecule has 3 heterocycles. The molecular weight excluding hydrogens is 356 g/mol. The maximum atomic E-state index is 13.0. The van der Waals surface area contributed by atoms with Gasteiger partial charge in [0.05, 0.1) is 24.3 Å². The van der Waals surface area contributed by atoms with E-state index in [9.17, 15) is 14.7 Å². The van der Waals surface area contributed by atoms with Gasteiger partial charge < -0.3 is 20.2 Å². The van der Waals surface area contributed by atoms with Crippen molar-refractivity contribution >= 4 is 23.3 Å². The van der Waals surface area contributed by atoms with Crippen LogP contribution in [0.5, 0.6) is 0 Å². The lowest BCUT2D eigenvalue weighted by molar-refractivity contribution is -0.117. The van der Waals surface area contributed by atoms with Crippen molar-refractivity contribution in [1.82, 2.24) is 9.88 Å². The predicted octanol–water partition coefficient (Wildman–Crippen LogP) is 2.03. The number of aromatic nitrogens is 1. The van der Waals surface area contributed by atoms with Gasteiger partial charge in [-0.1, -0.05) is 30.3 Å². The monoisotopic (exact) mass is 380 g/mol. The summed E-state index contributed by atoms with van der Waals surface area (Å²) < 4.78 is 0. The Bertz CT molecular complexity index is 871. The van der Waals surface area contributed by atoms with Crippen molar-refractivity contribution < 1.29 is 14.7 Å². The van der Waals surface area contributed by atoms with Crippen LogP contribution < -0.4 is 10.2 Å². The molecule has 2 N–H and O–H groups in total. The number of benzene rings is 1. The van der Waals surface area contributed by atoms with Gasteiger partial charge in [-0.3, -0.25) is 9.59 Å². The van der Waals surface area contributed by atoms with E-state index >= 15 is 0 Å². The SMILES string of the molecule is O=C1CNc2ncc(C(=O)N3CCCC3CCO)cc2N1Cc1ccccc1. The summed E-state index contributed by atoms with van der Waals surface area (Å²) in [6.07, 6.45) is 4.00. The van der Waals surface area contributed by atoms with Gasteiger partial charge in [0.25, 0.3) is 5.91 Å². The third kappa shape index (κ3) is 3.57. The molecule has 4 rings (SSSR count). The number of fused-ring (bicyclic) bond motifs is 1. The molecule has 1 aromatic carbocycles. The van der Waals surface area contributed by atoms with E-state index in [1.807, 2.05) is 35.2 Å². The molecule has 7 nitrogen and oxygen atoms in total. The van der Waals surface area contributed by atoms with Crippen LogP contribution in [0.15, 0.2) is 42.6 Å². The van der Waals surface area contributed by atoms with Crippen molar-refractivity contribution in [2.24, 2.45) is 0 Å². The third-order valence-corrected chi connectivity index (χ3v) is 5.40. The van der Waals surface area contributed by atoms with Crippen LogP contribution in [-0.2, 0) is 11.3 Å². The Hall–Kier alpha value is -2.93. The minimum absolute atomic E-state index is 0.0536. The lowest BCUT2D eigenvalue weighted by atomic mass is 10.1. The number of likely N-dealkylation sites (tertiary alicyclic amines) is 1. The number of pyridine rings is 1. The number of carbonyl (C=O) groups excluding carboxylic acids is 2. The number of aliphatic hydroxyl groups excluding tert-OH is 1. The molecule has 1 atom stereocenters. The van der Waals surface area contributed by atoms with E-state index in [4.69, 9.17) is 0 Å². The maximum absolute atomic E-state index is 13.0. The van der Waals surface area contributed by atoms with E-state index in [1.54, 1.807) is 17.2 Å². The summed E-state index contributed by atoms with van der Waals surface area (Å²) in [5.41, 5.74) is 2.12. The second-order valence-corrected chi connectivity index (χ2v) is 7.22. The van der Waals surface area contributed by atoms with Crippen LogP contribution in [0.1, 0.15) is 35.2 Å². The minimum Gasteiger partial charge on any atom is -0.396 e. The normalized spacial score (nSPS) is 18.8. The Kier molecular flexibility index (Phi) is 5.25. The zero-order valence-corrected chi connectivity index (χ0v) is 15.7. The molecular formula is C21H24N4O3. The molecule has 1 aromatic heterocycles. The van der Waals surface area contributed by atoms with Gasteiger partial charge in [-0.15, -0.1) is 0 Å². The Labute approximate surface area is 164 Å². The molecule has 0 radical (unpaired) electrons. The van der Waals surface area contributed by atoms with Crippen molar-refractivity contribution in [3.05, 3.63) is 53.7 Å². The van der Waals surface area contributed by atoms with Crippen molar-refractivity contribution in [3.63, 3.8) is 0 Å². The number of anilines is 2. The average molecular weight is 380 g/mol. The Balaban J connectivity index is 1.62. The Morgan fingerprint density at radius 3 is 2.89 bits per heavy atom. The zero-order chi connectivity index (χ0) is 19.5. The molecule has 0 saturated carbocycles. The number of hydrogen-bond donors (Lipinski definition) is 2. The molecule has 2 aliphatic rings. The second kappa shape index (κ2) is 7.98. The van der Waals surface area contributed by atoms with E-state index in [-0.39, 0.29) is 31.0 Å². The summed E-state index contributed by atoms with van der Waals surface area (Å²) in [7, 11) is 0. The molecule has 28 heavy (non-hydrogen) atoms. The van der Waals surface area contributed by atoms with E-state index < -0.39 is 0 Å². The highest BCUT2D eigenvalue weighted by Crippen LogP contribution is 2.31. The molecule has 0 bridgehead atoms. The van der Waals surface area contributed by atoms with Crippen LogP contribution in [0.2, 0.25) is 0 Å². The number of amides is 2. The summed E-state index contributed by atoms with van der Waals surface area (Å²) in [6.45, 7) is 1.38. The molecule has 0 aliphatic carbocycles. The van der Waals surface area contributed by atoms with E-state index in [1.165, 1.54) is 0 Å². The molecule has 0 spiro atoms. The van der Waals surface area contributed by atoms with Gasteiger partial charge in [-0.2, -0.15) is 0 Å². The van der Waals surface area contributed by atoms with E-state index in [0.29, 0.717) is 36.6 Å². The number of nitrogens with zero attached hydrogens (tertiary/aromatic N) is 3. The number of carbonyl (C=O) groups is 2. The van der Waals surface area contributed by atoms with Crippen molar-refractivity contribution in [3.8, 4) is 0 Å². The van der Waals surface area contributed by atoms with E-state index in [0.717, 1.165) is 18.4 Å². The van der Waals surface area contributed by atoms with Crippen LogP contribution in [0.25, 0.3) is 0 Å². The fraction of sp³-hybridized carbons (Fsp3) is 0.381. The third-order valence-electron chi connectivity index (χ3n) is 5.40. The van der Waals surface area contributed by atoms with Gasteiger partial charge in [0.1, 0.15) is 0 Å². The van der Waals surface area contributed by atoms with Gasteiger partial charge in [0, 0.05) is 25.4 Å². The topological polar surface area (TPSA) is 85.8 Å². The first-order chi connectivity index (χ1) is 13.7. The number of hydrogen-bond acceptors (Lipinski definition) is 5. The minimum atomic E-state index is -0.0936. The van der Waals surface area contributed by atoms with Crippen LogP contribution >= 0.6 is 0 Å². The number of aliphatic hydroxyl groups is 1. The standard InChI is InChI=1S/C21H24N4O3/c26-10-8-17-7-4-9-24(17)21(28)16-11-18-20(22-12-16)23-13-19(27)25(18)14-15-5-2-1-3-6-15/h1-3,5-6,11-12,17,26H,4,7-10,13-14H2,(H,22,23). The Morgan fingerprint density at radius 1 is 1.29 bits per heavy atom. The summed E-state index contributed by atoms with van der Waals surface area (Å²) in [6, 6.07) is 11.6. The highest BCUT2D eigenvalue weighted by Gasteiger charge is 2.31. The van der Waals surface area contributed by atoms with Gasteiger partial charge in [0.2, 0.25) is 5.91 Å². The summed E-state index contributed by atoms with van der Waals surface area (Å²) >= 11 is 0. The summed E-state index contributed by atoms with van der Waals surface area (Å²) in [5, 5.41) is 12.3. The quantitative estimate of drug-likeness (QED) is 0.829. The first-order valence-electron chi connectivity index (χ1n) is 9.67. The maximum Gasteiger partial charge on any atom is 0.255 e. The molecule has 7 heteroatoms. The predicted molar refractivity (Wildman–Crippen MR) is 106 cm³/mol. The van der Waals surface area contributed by atoms with E-state index in [2.05, 4.69) is 10.3 Å². The highest BCUT2D eigenvalue weighted by atomic mass is 16.3. The largest absolute Gasteiger partial charge is 0.396 e. The lowest BCUT2D eigenvalue weighted by Gasteiger charge is -2.30. The molecule has 2 aliphatic heterocycles. The number of rotatable bonds is 5. The van der Waals surface area contributed by atoms with Gasteiger partial charge in [-0.05, 0) is 30.9 Å². The smallest absolute Gasteiger partial charge is 0.255 e. The fourth-order valence-electron chi connectivity index (χ4n) is 3.96. The van der Waals surface area contributed by atoms with Crippen molar-refractivity contribution in [2.75, 3.05) is 29.9 Å². The van der Waals surface area contributed by atoms with Gasteiger partial charge in [0.15, 0.2) is 5.82 Å². The summed E-state index contributed by atoms with van der Waals surface area (Å²) in [5.74, 6) is 0.464. The first kappa shape index (κ1) is 18.4. The molecule has 1 unspecified atom stereocenters. The second-order valence-electron chi connectivity index (χ2n) is 7.22. The van der Waals surface area contributed by atoms with Crippen molar-refractivity contribution in [1.29, 1.82) is 0 Å². The fourth-order valence-corrected chi connectivity index (χ4v) is 3.96. The Morgan fingerprint density at radius 2 is 2.11 bits per heavy atom. The highest BCUT2D eigenvalue weighted by molar-refractivity contribution is 6.04. The lowest BCUT2D eigenvalue weighted by Crippen LogP contribution is -2.40. The summed E-state index contributed by atoms with van der Waals surface area (Å²) in [4.78, 5) is 33.5. The zero-order valence-electron chi connectivity index (χ0n) is 15.7. The van der Waals surface area contributed by atoms with Crippen LogP contribution in [-0.4, -0.2) is 52.5 Å².